The third-order valence-corrected chi connectivity index (χ3v) is 22.2. The van der Waals surface area contributed by atoms with E-state index in [0.29, 0.717) is 5.82 Å². The van der Waals surface area contributed by atoms with Gasteiger partial charge in [-0.1, -0.05) is 240 Å². The quantitative estimate of drug-likeness (QED) is 0.160. The minimum Gasteiger partial charge on any atom is -0.309 e. The molecule has 3 aliphatic carbocycles. The van der Waals surface area contributed by atoms with Crippen molar-refractivity contribution in [2.75, 3.05) is 0 Å². The summed E-state index contributed by atoms with van der Waals surface area (Å²) < 4.78 is 7.45. The number of nitrogens with zero attached hydrogens (tertiary/aromatic N) is 5. The smallest absolute Gasteiger partial charge is 0.160 e. The standard InChI is InChI=1S/C92H61N5/c1-91(2)76-31-12-8-25-64(76)66-43-39-62(52-78(66)91)95-80-33-14-10-27-68(80)74-48-56(37-45-82(74)95)58-35-41-70-71-42-36-59(57-38-46-83-75(49-57)69-28-11-15-34-81(69)96(83)63-40-44-67-65-26-9-13-32-77(65)92(3,4)79(67)53-63)51-85(71)97(84(70)50-58)61-24-16-23-60(47-61)88-87-72-29-17-21-54-22-18-30-73(86(54)72)89(87)94-90(93-88)55-19-6-5-7-20-55/h5-53H,1-4H3. The van der Waals surface area contributed by atoms with Crippen LogP contribution in [0.3, 0.4) is 0 Å². The predicted molar refractivity (Wildman–Crippen MR) is 404 cm³/mol. The Kier molecular flexibility index (Phi) is 11.0. The summed E-state index contributed by atoms with van der Waals surface area (Å²) in [6.45, 7) is 9.47. The molecule has 0 fully saturated rings. The van der Waals surface area contributed by atoms with Crippen LogP contribution < -0.4 is 0 Å². The second-order valence-corrected chi connectivity index (χ2v) is 28.0. The highest BCUT2D eigenvalue weighted by Gasteiger charge is 2.38. The molecule has 4 aromatic heterocycles. The van der Waals surface area contributed by atoms with Gasteiger partial charge in [0.1, 0.15) is 0 Å². The van der Waals surface area contributed by atoms with Crippen LogP contribution in [0.4, 0.5) is 0 Å². The molecule has 3 aliphatic rings. The molecule has 97 heavy (non-hydrogen) atoms. The first-order chi connectivity index (χ1) is 47.6. The van der Waals surface area contributed by atoms with Crippen LogP contribution in [0.1, 0.15) is 49.9 Å². The van der Waals surface area contributed by atoms with E-state index in [1.165, 1.54) is 127 Å². The first kappa shape index (κ1) is 54.2. The maximum Gasteiger partial charge on any atom is 0.160 e. The third kappa shape index (κ3) is 7.59. The van der Waals surface area contributed by atoms with Crippen molar-refractivity contribution in [3.8, 4) is 107 Å². The topological polar surface area (TPSA) is 40.6 Å². The van der Waals surface area contributed by atoms with Gasteiger partial charge in [0.15, 0.2) is 5.82 Å². The van der Waals surface area contributed by atoms with Crippen molar-refractivity contribution in [2.24, 2.45) is 0 Å². The van der Waals surface area contributed by atoms with Crippen LogP contribution in [0.5, 0.6) is 0 Å². The van der Waals surface area contributed by atoms with Crippen LogP contribution in [-0.4, -0.2) is 23.7 Å². The number of para-hydroxylation sites is 2. The molecule has 0 amide bonds. The highest BCUT2D eigenvalue weighted by Crippen LogP contribution is 2.54. The molecule has 0 radical (unpaired) electrons. The zero-order valence-electron chi connectivity index (χ0n) is 54.0. The van der Waals surface area contributed by atoms with Gasteiger partial charge in [-0.3, -0.25) is 0 Å². The molecule has 0 unspecified atom stereocenters. The molecule has 5 heteroatoms. The largest absolute Gasteiger partial charge is 0.309 e. The summed E-state index contributed by atoms with van der Waals surface area (Å²) >= 11 is 0. The number of hydrogen-bond acceptors (Lipinski definition) is 2. The lowest BCUT2D eigenvalue weighted by Gasteiger charge is -2.22. The van der Waals surface area contributed by atoms with Crippen LogP contribution in [0.15, 0.2) is 297 Å². The van der Waals surface area contributed by atoms with E-state index in [4.69, 9.17) is 9.97 Å². The zero-order valence-corrected chi connectivity index (χ0v) is 54.0. The van der Waals surface area contributed by atoms with Crippen molar-refractivity contribution in [3.05, 3.63) is 320 Å². The van der Waals surface area contributed by atoms with Gasteiger partial charge in [0.05, 0.1) is 44.5 Å². The molecule has 0 N–H and O–H groups in total. The summed E-state index contributed by atoms with van der Waals surface area (Å²) in [6, 6.07) is 111. The summed E-state index contributed by atoms with van der Waals surface area (Å²) in [7, 11) is 0. The van der Waals surface area contributed by atoms with E-state index < -0.39 is 0 Å². The first-order valence-corrected chi connectivity index (χ1v) is 33.9. The minimum absolute atomic E-state index is 0.116. The van der Waals surface area contributed by atoms with Crippen LogP contribution in [0.25, 0.3) is 183 Å². The summed E-state index contributed by atoms with van der Waals surface area (Å²) in [4.78, 5) is 11.0. The van der Waals surface area contributed by atoms with Gasteiger partial charge in [0.2, 0.25) is 0 Å². The average Bonchev–Trinajstić information content (AvgIpc) is 1.58. The SMILES string of the molecule is CC1(C)c2ccccc2-c2ccc(-n3c4ccccc4c4cc(-c5ccc6c7ccc(-c8ccc9c(c8)c8ccccc8n9-c8ccc9c(c8)C(C)(C)c8ccccc8-9)cc7n(-c7cccc(-c8nc(-c9ccccc9)nc9c8-c8cccc%10cccc-9c8%10)c7)c6c5)ccc43)cc21. The number of hydrogen-bond donors (Lipinski definition) is 0. The molecule has 4 heterocycles. The normalized spacial score (nSPS) is 13.7. The Balaban J connectivity index is 0.750. The molecule has 18 aromatic rings. The van der Waals surface area contributed by atoms with E-state index >= 15 is 0 Å². The summed E-state index contributed by atoms with van der Waals surface area (Å²) in [6.07, 6.45) is 0. The third-order valence-electron chi connectivity index (χ3n) is 22.2. The molecule has 0 saturated heterocycles. The fourth-order valence-electron chi connectivity index (χ4n) is 17.6. The number of rotatable bonds is 7. The first-order valence-electron chi connectivity index (χ1n) is 33.9. The average molecular weight is 1240 g/mol. The van der Waals surface area contributed by atoms with Crippen LogP contribution in [0.2, 0.25) is 0 Å². The fourth-order valence-corrected chi connectivity index (χ4v) is 17.6. The lowest BCUT2D eigenvalue weighted by Crippen LogP contribution is -2.15. The van der Waals surface area contributed by atoms with E-state index in [-0.39, 0.29) is 10.8 Å². The predicted octanol–water partition coefficient (Wildman–Crippen LogP) is 23.8. The highest BCUT2D eigenvalue weighted by molar-refractivity contribution is 6.18. The van der Waals surface area contributed by atoms with Crippen LogP contribution in [0, 0.1) is 0 Å². The van der Waals surface area contributed by atoms with Gasteiger partial charge in [0, 0.05) is 82.5 Å². The molecule has 0 aliphatic heterocycles. The van der Waals surface area contributed by atoms with Crippen molar-refractivity contribution in [1.82, 2.24) is 23.7 Å². The second-order valence-electron chi connectivity index (χ2n) is 28.0. The maximum atomic E-state index is 5.58. The Bertz CT molecular complexity index is 6220. The van der Waals surface area contributed by atoms with Gasteiger partial charge in [-0.15, -0.1) is 0 Å². The molecule has 14 aromatic carbocycles. The molecule has 21 rings (SSSR count). The lowest BCUT2D eigenvalue weighted by molar-refractivity contribution is 0.660. The Labute approximate surface area is 561 Å². The van der Waals surface area contributed by atoms with E-state index in [0.717, 1.165) is 72.6 Å². The van der Waals surface area contributed by atoms with Crippen molar-refractivity contribution in [3.63, 3.8) is 0 Å². The lowest BCUT2D eigenvalue weighted by atomic mass is 9.82. The van der Waals surface area contributed by atoms with E-state index in [2.05, 4.69) is 339 Å². The van der Waals surface area contributed by atoms with Gasteiger partial charge in [-0.2, -0.15) is 0 Å². The summed E-state index contributed by atoms with van der Waals surface area (Å²) in [5, 5.41) is 9.70. The molecule has 0 atom stereocenters. The van der Waals surface area contributed by atoms with E-state index in [9.17, 15) is 0 Å². The molecule has 0 spiro atoms. The Morgan fingerprint density at radius 1 is 0.247 bits per heavy atom. The Morgan fingerprint density at radius 2 is 0.670 bits per heavy atom. The molecule has 0 saturated carbocycles. The van der Waals surface area contributed by atoms with E-state index in [1.54, 1.807) is 0 Å². The summed E-state index contributed by atoms with van der Waals surface area (Å²) in [5.74, 6) is 0.709. The van der Waals surface area contributed by atoms with Gasteiger partial charge in [-0.05, 0) is 168 Å². The van der Waals surface area contributed by atoms with Crippen molar-refractivity contribution >= 4 is 76.2 Å². The van der Waals surface area contributed by atoms with Gasteiger partial charge < -0.3 is 13.7 Å². The van der Waals surface area contributed by atoms with Crippen molar-refractivity contribution in [2.45, 2.75) is 38.5 Å². The Morgan fingerprint density at radius 3 is 1.26 bits per heavy atom. The van der Waals surface area contributed by atoms with Crippen molar-refractivity contribution < 1.29 is 0 Å². The summed E-state index contributed by atoms with van der Waals surface area (Å²) in [5.41, 5.74) is 32.9. The molecular weight excluding hydrogens is 1180 g/mol. The molecule has 5 nitrogen and oxygen atoms in total. The van der Waals surface area contributed by atoms with E-state index in [1.807, 2.05) is 0 Å². The number of aromatic nitrogens is 5. The molecule has 0 bridgehead atoms. The number of benzene rings is 14. The highest BCUT2D eigenvalue weighted by atomic mass is 15.0. The van der Waals surface area contributed by atoms with Gasteiger partial charge in [-0.25, -0.2) is 9.97 Å². The fraction of sp³-hybridized carbons (Fsp3) is 0.0652. The monoisotopic (exact) mass is 1240 g/mol. The maximum absolute atomic E-state index is 5.58. The van der Waals surface area contributed by atoms with Crippen molar-refractivity contribution in [1.29, 1.82) is 0 Å². The van der Waals surface area contributed by atoms with Gasteiger partial charge >= 0.3 is 0 Å². The zero-order chi connectivity index (χ0) is 64.2. The number of fused-ring (bicyclic) bond motifs is 18. The molecular formula is C92H61N5. The van der Waals surface area contributed by atoms with Crippen LogP contribution in [-0.2, 0) is 10.8 Å². The Hall–Kier alpha value is -12.2. The van der Waals surface area contributed by atoms with Crippen LogP contribution >= 0.6 is 0 Å². The minimum atomic E-state index is -0.116. The second kappa shape index (κ2) is 19.7. The molecule has 454 valence electrons. The van der Waals surface area contributed by atoms with Gasteiger partial charge in [0.25, 0.3) is 0 Å².